The molecule has 1 amide bonds. The van der Waals surface area contributed by atoms with Crippen LogP contribution in [0.25, 0.3) is 0 Å². The van der Waals surface area contributed by atoms with Crippen molar-refractivity contribution in [1.29, 1.82) is 10.8 Å². The van der Waals surface area contributed by atoms with E-state index in [1.54, 1.807) is 4.90 Å². The highest BCUT2D eigenvalue weighted by Gasteiger charge is 2.34. The molecule has 0 bridgehead atoms. The fourth-order valence-corrected chi connectivity index (χ4v) is 4.39. The Labute approximate surface area is 175 Å². The highest BCUT2D eigenvalue weighted by atomic mass is 16.2. The van der Waals surface area contributed by atoms with Gasteiger partial charge in [0.2, 0.25) is 0 Å². The van der Waals surface area contributed by atoms with Crippen molar-refractivity contribution in [2.75, 3.05) is 13.1 Å². The zero-order chi connectivity index (χ0) is 21.4. The van der Waals surface area contributed by atoms with E-state index >= 15 is 0 Å². The first-order valence-corrected chi connectivity index (χ1v) is 10.7. The van der Waals surface area contributed by atoms with E-state index in [1.807, 2.05) is 6.92 Å². The number of carbonyl (C=O) groups is 1. The smallest absolute Gasteiger partial charge is 0.256 e. The Morgan fingerprint density at radius 1 is 1.31 bits per heavy atom. The number of aliphatic imine (C=N–C) groups is 1. The lowest BCUT2D eigenvalue weighted by Crippen LogP contribution is -2.39. The van der Waals surface area contributed by atoms with Crippen LogP contribution in [0.4, 0.5) is 0 Å². The van der Waals surface area contributed by atoms with Gasteiger partial charge in [0.15, 0.2) is 0 Å². The maximum absolute atomic E-state index is 12.6. The summed E-state index contributed by atoms with van der Waals surface area (Å²) in [6, 6.07) is 0.387. The number of rotatable bonds is 9. The first-order valence-electron chi connectivity index (χ1n) is 10.7. The van der Waals surface area contributed by atoms with Crippen LogP contribution in [0.3, 0.4) is 0 Å². The van der Waals surface area contributed by atoms with Crippen LogP contribution in [0.2, 0.25) is 0 Å². The molecule has 0 unspecified atom stereocenters. The van der Waals surface area contributed by atoms with E-state index in [2.05, 4.69) is 42.7 Å². The number of piperidine rings is 1. The zero-order valence-electron chi connectivity index (χ0n) is 18.1. The van der Waals surface area contributed by atoms with Gasteiger partial charge >= 0.3 is 0 Å². The molecule has 6 nitrogen and oxygen atoms in total. The molecule has 0 saturated carbocycles. The summed E-state index contributed by atoms with van der Waals surface area (Å²) in [4.78, 5) is 20.2. The molecular weight excluding hydrogens is 362 g/mol. The van der Waals surface area contributed by atoms with Crippen molar-refractivity contribution in [3.05, 3.63) is 35.2 Å². The van der Waals surface area contributed by atoms with Gasteiger partial charge in [-0.2, -0.15) is 0 Å². The molecular formula is C23H35N5O. The molecule has 2 N–H and O–H groups in total. The maximum Gasteiger partial charge on any atom is 0.256 e. The number of nitrogens with one attached hydrogen (secondary N) is 2. The fraction of sp³-hybridized carbons (Fsp3) is 0.565. The Kier molecular flexibility index (Phi) is 8.55. The summed E-state index contributed by atoms with van der Waals surface area (Å²) in [5.74, 6) is 0.821. The van der Waals surface area contributed by atoms with Crippen molar-refractivity contribution in [1.82, 2.24) is 9.80 Å². The van der Waals surface area contributed by atoms with Gasteiger partial charge in [0, 0.05) is 43.3 Å². The predicted molar refractivity (Wildman–Crippen MR) is 121 cm³/mol. The summed E-state index contributed by atoms with van der Waals surface area (Å²) in [6.45, 7) is 11.1. The summed E-state index contributed by atoms with van der Waals surface area (Å²) in [6.07, 6.45) is 12.8. The number of amidine groups is 1. The van der Waals surface area contributed by atoms with E-state index in [-0.39, 0.29) is 11.5 Å². The first kappa shape index (κ1) is 22.8. The molecule has 6 heteroatoms. The fourth-order valence-electron chi connectivity index (χ4n) is 4.39. The molecule has 0 aromatic carbocycles. The molecule has 29 heavy (non-hydrogen) atoms. The number of hydrogen-bond acceptors (Lipinski definition) is 4. The summed E-state index contributed by atoms with van der Waals surface area (Å²) >= 11 is 0. The summed E-state index contributed by atoms with van der Waals surface area (Å²) in [5.41, 5.74) is 2.56. The minimum absolute atomic E-state index is 0.155. The topological polar surface area (TPSA) is 83.6 Å². The Bertz CT molecular complexity index is 720. The minimum atomic E-state index is -0.155. The third-order valence-electron chi connectivity index (χ3n) is 5.88. The monoisotopic (exact) mass is 397 g/mol. The lowest BCUT2D eigenvalue weighted by molar-refractivity contribution is -0.127. The van der Waals surface area contributed by atoms with Gasteiger partial charge < -0.3 is 15.2 Å². The standard InChI is InChI=1S/C23H35N5O/c1-5-8-19(9-6-2)28-16-21(20(7-3)22(28)25)17-10-12-27(13-11-17)23(29)18(14-24)15-26-4/h7,14-17,19,24-25H,4-6,8-13H2,1-3H3/b18-15+,20-7-,24-14?,25-22?. The second kappa shape index (κ2) is 10.9. The molecule has 2 aliphatic rings. The third-order valence-corrected chi connectivity index (χ3v) is 5.88. The van der Waals surface area contributed by atoms with Gasteiger partial charge in [-0.25, -0.2) is 0 Å². The van der Waals surface area contributed by atoms with E-state index < -0.39 is 0 Å². The van der Waals surface area contributed by atoms with Gasteiger partial charge in [-0.05, 0) is 50.8 Å². The van der Waals surface area contributed by atoms with Crippen LogP contribution < -0.4 is 0 Å². The van der Waals surface area contributed by atoms with Crippen LogP contribution in [0.5, 0.6) is 0 Å². The van der Waals surface area contributed by atoms with Gasteiger partial charge in [0.05, 0.1) is 5.57 Å². The Balaban J connectivity index is 2.13. The van der Waals surface area contributed by atoms with Crippen molar-refractivity contribution in [3.8, 4) is 0 Å². The molecule has 2 heterocycles. The van der Waals surface area contributed by atoms with Gasteiger partial charge in [-0.15, -0.1) is 0 Å². The maximum atomic E-state index is 12.6. The van der Waals surface area contributed by atoms with E-state index in [0.29, 0.717) is 30.9 Å². The number of likely N-dealkylation sites (tertiary alicyclic amines) is 1. The van der Waals surface area contributed by atoms with Gasteiger partial charge in [0.1, 0.15) is 5.84 Å². The molecule has 0 atom stereocenters. The molecule has 0 aromatic rings. The molecule has 0 aromatic heterocycles. The molecule has 0 spiro atoms. The largest absolute Gasteiger partial charge is 0.339 e. The normalized spacial score (nSPS) is 19.9. The number of carbonyl (C=O) groups excluding carboxylic acids is 1. The number of amides is 1. The predicted octanol–water partition coefficient (Wildman–Crippen LogP) is 4.55. The second-order valence-corrected chi connectivity index (χ2v) is 7.75. The highest BCUT2D eigenvalue weighted by Crippen LogP contribution is 2.37. The van der Waals surface area contributed by atoms with Crippen molar-refractivity contribution in [2.24, 2.45) is 10.9 Å². The first-order chi connectivity index (χ1) is 14.0. The van der Waals surface area contributed by atoms with Crippen molar-refractivity contribution in [2.45, 2.75) is 65.3 Å². The Morgan fingerprint density at radius 2 is 1.93 bits per heavy atom. The lowest BCUT2D eigenvalue weighted by atomic mass is 9.86. The highest BCUT2D eigenvalue weighted by molar-refractivity contribution is 6.11. The van der Waals surface area contributed by atoms with Crippen LogP contribution in [-0.2, 0) is 4.79 Å². The summed E-state index contributed by atoms with van der Waals surface area (Å²) in [5, 5.41) is 16.1. The molecule has 0 radical (unpaired) electrons. The summed E-state index contributed by atoms with van der Waals surface area (Å²) < 4.78 is 0. The van der Waals surface area contributed by atoms with Gasteiger partial charge in [0.25, 0.3) is 5.91 Å². The van der Waals surface area contributed by atoms with E-state index in [0.717, 1.165) is 50.3 Å². The van der Waals surface area contributed by atoms with Crippen molar-refractivity contribution < 1.29 is 4.79 Å². The molecule has 2 rings (SSSR count). The lowest BCUT2D eigenvalue weighted by Gasteiger charge is -2.32. The SMILES string of the molecule is C=N/C=C(\C=N)C(=O)N1CCC(C2=CN(C(CCC)CCC)C(=N)/C2=C\C)CC1. The van der Waals surface area contributed by atoms with E-state index in [9.17, 15) is 4.79 Å². The molecule has 0 aliphatic carbocycles. The summed E-state index contributed by atoms with van der Waals surface area (Å²) in [7, 11) is 0. The number of allylic oxidation sites excluding steroid dienone is 1. The van der Waals surface area contributed by atoms with Gasteiger partial charge in [-0.1, -0.05) is 32.8 Å². The average molecular weight is 398 g/mol. The average Bonchev–Trinajstić information content (AvgIpc) is 3.07. The van der Waals surface area contributed by atoms with Crippen LogP contribution >= 0.6 is 0 Å². The van der Waals surface area contributed by atoms with Crippen molar-refractivity contribution in [3.63, 3.8) is 0 Å². The third kappa shape index (κ3) is 5.11. The quantitative estimate of drug-likeness (QED) is 0.442. The van der Waals surface area contributed by atoms with Crippen LogP contribution in [0.15, 0.2) is 40.2 Å². The molecule has 2 aliphatic heterocycles. The van der Waals surface area contributed by atoms with Crippen molar-refractivity contribution >= 4 is 24.7 Å². The molecule has 158 valence electrons. The van der Waals surface area contributed by atoms with E-state index in [4.69, 9.17) is 10.8 Å². The van der Waals surface area contributed by atoms with Crippen LogP contribution in [-0.4, -0.2) is 53.6 Å². The molecule has 1 fully saturated rings. The van der Waals surface area contributed by atoms with Crippen LogP contribution in [0.1, 0.15) is 59.3 Å². The Hall–Kier alpha value is -2.50. The number of hydrogen-bond donors (Lipinski definition) is 2. The van der Waals surface area contributed by atoms with Crippen LogP contribution in [0, 0.1) is 16.7 Å². The Morgan fingerprint density at radius 3 is 2.41 bits per heavy atom. The molecule has 1 saturated heterocycles. The van der Waals surface area contributed by atoms with E-state index in [1.165, 1.54) is 11.8 Å². The zero-order valence-corrected chi connectivity index (χ0v) is 18.1. The van der Waals surface area contributed by atoms with Gasteiger partial charge in [-0.3, -0.25) is 15.2 Å². The number of nitrogens with zero attached hydrogens (tertiary/aromatic N) is 3. The second-order valence-electron chi connectivity index (χ2n) is 7.75. The minimum Gasteiger partial charge on any atom is -0.339 e.